The largest absolute Gasteiger partial charge is 0.300 e. The van der Waals surface area contributed by atoms with Crippen LogP contribution in [0.2, 0.25) is 0 Å². The number of halogens is 2. The summed E-state index contributed by atoms with van der Waals surface area (Å²) in [6.07, 6.45) is 2.44. The minimum atomic E-state index is -3.06. The average Bonchev–Trinajstić information content (AvgIpc) is 2.88. The van der Waals surface area contributed by atoms with Gasteiger partial charge in [-0.2, -0.15) is 8.78 Å². The van der Waals surface area contributed by atoms with Crippen LogP contribution in [0.1, 0.15) is 5.56 Å². The number of nitro benzene ring substituents is 1. The van der Waals surface area contributed by atoms with Crippen LogP contribution in [-0.4, -0.2) is 17.1 Å². The number of rotatable bonds is 4. The van der Waals surface area contributed by atoms with Gasteiger partial charge in [-0.15, -0.1) is 0 Å². The first-order chi connectivity index (χ1) is 8.48. The Bertz CT molecular complexity index is 573. The number of allylic oxidation sites excluding steroid dienone is 4. The zero-order chi connectivity index (χ0) is 13.3. The summed E-state index contributed by atoms with van der Waals surface area (Å²) in [5.74, 6) is -3.06. The van der Waals surface area contributed by atoms with Crippen molar-refractivity contribution in [3.05, 3.63) is 57.7 Å². The molecule has 0 unspecified atom stereocenters. The molecule has 0 saturated heterocycles. The van der Waals surface area contributed by atoms with Gasteiger partial charge in [0.25, 0.3) is 11.6 Å². The van der Waals surface area contributed by atoms with E-state index in [0.29, 0.717) is 6.29 Å². The van der Waals surface area contributed by atoms with E-state index in [0.717, 1.165) is 24.3 Å². The van der Waals surface area contributed by atoms with Crippen LogP contribution in [0.15, 0.2) is 42.0 Å². The predicted molar refractivity (Wildman–Crippen MR) is 60.2 cm³/mol. The molecular weight excluding hydrogens is 244 g/mol. The molecule has 0 aliphatic heterocycles. The highest BCUT2D eigenvalue weighted by molar-refractivity contribution is 5.94. The molecule has 0 heterocycles. The number of hydrogen-bond donors (Lipinski definition) is 0. The van der Waals surface area contributed by atoms with E-state index in [1.54, 1.807) is 0 Å². The summed E-state index contributed by atoms with van der Waals surface area (Å²) in [5.41, 5.74) is -0.372. The lowest BCUT2D eigenvalue weighted by Crippen LogP contribution is -1.96. The van der Waals surface area contributed by atoms with Crippen LogP contribution >= 0.6 is 0 Å². The molecule has 0 spiro atoms. The van der Waals surface area contributed by atoms with Crippen LogP contribution in [0.3, 0.4) is 0 Å². The maximum Gasteiger partial charge on any atom is 0.300 e. The van der Waals surface area contributed by atoms with Gasteiger partial charge in [0.05, 0.1) is 4.92 Å². The Hall–Kier alpha value is -2.37. The standard InChI is InChI=1S/C12H7F2NO3/c13-12(14)10(2-1-7-16)11(12)8-3-5-9(6-4-8)15(17)18/h1-7H/b2-1+. The number of non-ortho nitro benzene ring substituents is 1. The highest BCUT2D eigenvalue weighted by atomic mass is 19.3. The van der Waals surface area contributed by atoms with Gasteiger partial charge in [0.15, 0.2) is 0 Å². The molecule has 0 saturated carbocycles. The van der Waals surface area contributed by atoms with Crippen molar-refractivity contribution < 1.29 is 18.5 Å². The zero-order valence-corrected chi connectivity index (χ0v) is 8.97. The molecule has 0 amide bonds. The van der Waals surface area contributed by atoms with E-state index in [1.807, 2.05) is 0 Å². The van der Waals surface area contributed by atoms with Gasteiger partial charge < -0.3 is 0 Å². The molecule has 0 radical (unpaired) electrons. The van der Waals surface area contributed by atoms with Crippen molar-refractivity contribution in [3.63, 3.8) is 0 Å². The van der Waals surface area contributed by atoms with Gasteiger partial charge in [-0.05, 0) is 29.8 Å². The molecule has 6 heteroatoms. The first-order valence-corrected chi connectivity index (χ1v) is 4.98. The fourth-order valence-electron chi connectivity index (χ4n) is 1.66. The Labute approximate surface area is 100 Å². The second-order valence-electron chi connectivity index (χ2n) is 3.66. The summed E-state index contributed by atoms with van der Waals surface area (Å²) in [5, 5.41) is 10.4. The summed E-state index contributed by atoms with van der Waals surface area (Å²) in [6.45, 7) is 0. The van der Waals surface area contributed by atoms with Gasteiger partial charge in [0.2, 0.25) is 0 Å². The zero-order valence-electron chi connectivity index (χ0n) is 8.97. The Morgan fingerprint density at radius 3 is 2.33 bits per heavy atom. The van der Waals surface area contributed by atoms with Crippen LogP contribution in [0.25, 0.3) is 5.57 Å². The monoisotopic (exact) mass is 251 g/mol. The minimum Gasteiger partial charge on any atom is -0.299 e. The number of hydrogen-bond acceptors (Lipinski definition) is 3. The lowest BCUT2D eigenvalue weighted by molar-refractivity contribution is -0.384. The van der Waals surface area contributed by atoms with Crippen molar-refractivity contribution >= 4 is 17.5 Å². The van der Waals surface area contributed by atoms with Crippen LogP contribution in [-0.2, 0) is 4.79 Å². The van der Waals surface area contributed by atoms with Crippen LogP contribution in [0, 0.1) is 10.1 Å². The normalized spacial score (nSPS) is 17.0. The molecular formula is C12H7F2NO3. The molecule has 0 fully saturated rings. The summed E-state index contributed by atoms with van der Waals surface area (Å²) < 4.78 is 26.7. The number of carbonyl (C=O) groups is 1. The van der Waals surface area contributed by atoms with E-state index in [2.05, 4.69) is 0 Å². The van der Waals surface area contributed by atoms with Crippen LogP contribution in [0.4, 0.5) is 14.5 Å². The second kappa shape index (κ2) is 4.14. The summed E-state index contributed by atoms with van der Waals surface area (Å²) in [7, 11) is 0. The Morgan fingerprint density at radius 2 is 1.83 bits per heavy atom. The first kappa shape index (κ1) is 12.1. The number of nitrogens with zero attached hydrogens (tertiary/aromatic N) is 1. The molecule has 0 bridgehead atoms. The van der Waals surface area contributed by atoms with Gasteiger partial charge in [0.1, 0.15) is 6.29 Å². The fraction of sp³-hybridized carbons (Fsp3) is 0.0833. The number of aldehydes is 1. The fourth-order valence-corrected chi connectivity index (χ4v) is 1.66. The van der Waals surface area contributed by atoms with Crippen LogP contribution in [0.5, 0.6) is 0 Å². The molecule has 1 aliphatic rings. The lowest BCUT2D eigenvalue weighted by atomic mass is 10.1. The van der Waals surface area contributed by atoms with Crippen molar-refractivity contribution in [2.24, 2.45) is 0 Å². The Kier molecular flexibility index (Phi) is 2.78. The number of nitro groups is 1. The van der Waals surface area contributed by atoms with Crippen molar-refractivity contribution in [2.75, 3.05) is 0 Å². The molecule has 1 aromatic rings. The van der Waals surface area contributed by atoms with E-state index in [-0.39, 0.29) is 22.4 Å². The number of benzene rings is 1. The topological polar surface area (TPSA) is 60.2 Å². The molecule has 1 aliphatic carbocycles. The predicted octanol–water partition coefficient (Wildman–Crippen LogP) is 2.75. The Morgan fingerprint density at radius 1 is 1.22 bits per heavy atom. The maximum absolute atomic E-state index is 13.4. The molecule has 0 N–H and O–H groups in total. The molecule has 1 aromatic carbocycles. The van der Waals surface area contributed by atoms with E-state index in [4.69, 9.17) is 0 Å². The van der Waals surface area contributed by atoms with Crippen molar-refractivity contribution in [1.29, 1.82) is 0 Å². The number of alkyl halides is 2. The molecule has 2 rings (SSSR count). The average molecular weight is 251 g/mol. The van der Waals surface area contributed by atoms with Gasteiger partial charge >= 0.3 is 0 Å². The summed E-state index contributed by atoms with van der Waals surface area (Å²) >= 11 is 0. The number of carbonyl (C=O) groups excluding carboxylic acids is 1. The maximum atomic E-state index is 13.4. The summed E-state index contributed by atoms with van der Waals surface area (Å²) in [4.78, 5) is 19.9. The SMILES string of the molecule is O=C/C=C/C1=C(c2ccc([N+](=O)[O-])cc2)C1(F)F. The van der Waals surface area contributed by atoms with E-state index < -0.39 is 10.8 Å². The third kappa shape index (κ3) is 1.92. The third-order valence-corrected chi connectivity index (χ3v) is 2.57. The molecule has 4 nitrogen and oxygen atoms in total. The van der Waals surface area contributed by atoms with Crippen molar-refractivity contribution in [3.8, 4) is 0 Å². The first-order valence-electron chi connectivity index (χ1n) is 4.98. The van der Waals surface area contributed by atoms with Gasteiger partial charge in [-0.25, -0.2) is 0 Å². The highest BCUT2D eigenvalue weighted by Crippen LogP contribution is 2.55. The summed E-state index contributed by atoms with van der Waals surface area (Å²) in [6, 6.07) is 4.86. The lowest BCUT2D eigenvalue weighted by Gasteiger charge is -1.97. The van der Waals surface area contributed by atoms with Crippen LogP contribution < -0.4 is 0 Å². The van der Waals surface area contributed by atoms with E-state index in [9.17, 15) is 23.7 Å². The molecule has 0 atom stereocenters. The molecule has 0 aromatic heterocycles. The van der Waals surface area contributed by atoms with Gasteiger partial charge in [0, 0.05) is 23.3 Å². The van der Waals surface area contributed by atoms with Crippen molar-refractivity contribution in [1.82, 2.24) is 0 Å². The Balaban J connectivity index is 2.32. The molecule has 92 valence electrons. The smallest absolute Gasteiger partial charge is 0.299 e. The highest BCUT2D eigenvalue weighted by Gasteiger charge is 2.54. The minimum absolute atomic E-state index is 0.159. The van der Waals surface area contributed by atoms with E-state index in [1.165, 1.54) is 12.1 Å². The van der Waals surface area contributed by atoms with E-state index >= 15 is 0 Å². The molecule has 18 heavy (non-hydrogen) atoms. The van der Waals surface area contributed by atoms with Gasteiger partial charge in [-0.3, -0.25) is 14.9 Å². The van der Waals surface area contributed by atoms with Crippen molar-refractivity contribution in [2.45, 2.75) is 5.92 Å². The quantitative estimate of drug-likeness (QED) is 0.358. The third-order valence-electron chi connectivity index (χ3n) is 2.57. The second-order valence-corrected chi connectivity index (χ2v) is 3.66. The van der Waals surface area contributed by atoms with Gasteiger partial charge in [-0.1, -0.05) is 0 Å².